The summed E-state index contributed by atoms with van der Waals surface area (Å²) in [6.45, 7) is 9.66. The summed E-state index contributed by atoms with van der Waals surface area (Å²) in [5.41, 5.74) is 1.68. The van der Waals surface area contributed by atoms with Gasteiger partial charge in [-0.3, -0.25) is 9.78 Å². The van der Waals surface area contributed by atoms with Gasteiger partial charge in [-0.15, -0.1) is 24.0 Å². The van der Waals surface area contributed by atoms with Crippen molar-refractivity contribution in [1.29, 1.82) is 0 Å². The largest absolute Gasteiger partial charge is 0.487 e. The lowest BCUT2D eigenvalue weighted by molar-refractivity contribution is -0.121. The van der Waals surface area contributed by atoms with Gasteiger partial charge in [0.25, 0.3) is 0 Å². The number of carbonyl (C=O) groups is 1. The fourth-order valence-electron chi connectivity index (χ4n) is 2.47. The van der Waals surface area contributed by atoms with E-state index in [1.54, 1.807) is 6.20 Å². The van der Waals surface area contributed by atoms with Gasteiger partial charge >= 0.3 is 0 Å². The zero-order valence-electron chi connectivity index (χ0n) is 18.1. The molecule has 0 fully saturated rings. The van der Waals surface area contributed by atoms with Gasteiger partial charge in [-0.2, -0.15) is 0 Å². The van der Waals surface area contributed by atoms with Crippen molar-refractivity contribution in [2.45, 2.75) is 46.4 Å². The fraction of sp³-hybridized carbons (Fsp3) is 0.409. The molecule has 1 heterocycles. The van der Waals surface area contributed by atoms with Gasteiger partial charge in [0.05, 0.1) is 18.8 Å². The first-order chi connectivity index (χ1) is 13.9. The molecule has 3 N–H and O–H groups in total. The van der Waals surface area contributed by atoms with E-state index in [4.69, 9.17) is 4.74 Å². The molecule has 7 nitrogen and oxygen atoms in total. The summed E-state index contributed by atoms with van der Waals surface area (Å²) in [6.07, 6.45) is 1.75. The average Bonchev–Trinajstić information content (AvgIpc) is 2.69. The summed E-state index contributed by atoms with van der Waals surface area (Å²) < 4.78 is 5.75. The van der Waals surface area contributed by atoms with Crippen molar-refractivity contribution < 1.29 is 9.53 Å². The molecule has 30 heavy (non-hydrogen) atoms. The minimum absolute atomic E-state index is 0. The third kappa shape index (κ3) is 10.4. The number of nitrogens with zero attached hydrogens (tertiary/aromatic N) is 2. The lowest BCUT2D eigenvalue weighted by Crippen LogP contribution is -2.48. The van der Waals surface area contributed by atoms with Crippen LogP contribution < -0.4 is 20.7 Å². The van der Waals surface area contributed by atoms with Gasteiger partial charge in [-0.05, 0) is 57.5 Å². The SMILES string of the molecule is CCNC(=NCc1ccc(OCc2ccccn2)cc1)NCC(=O)NC(C)(C)C.I. The molecule has 2 aromatic rings. The molecule has 1 aromatic heterocycles. The van der Waals surface area contributed by atoms with Crippen LogP contribution >= 0.6 is 24.0 Å². The maximum absolute atomic E-state index is 12.0. The Balaban J connectivity index is 0.00000450. The number of amides is 1. The number of aromatic nitrogens is 1. The van der Waals surface area contributed by atoms with Crippen LogP contribution in [0.3, 0.4) is 0 Å². The third-order valence-corrected chi connectivity index (χ3v) is 3.73. The molecule has 0 bridgehead atoms. The van der Waals surface area contributed by atoms with Crippen LogP contribution in [0.15, 0.2) is 53.7 Å². The molecule has 0 saturated carbocycles. The quantitative estimate of drug-likeness (QED) is 0.280. The number of ether oxygens (including phenoxy) is 1. The summed E-state index contributed by atoms with van der Waals surface area (Å²) in [6, 6.07) is 13.6. The standard InChI is InChI=1S/C22H31N5O2.HI/c1-5-23-21(26-15-20(28)27-22(2,3)4)25-14-17-9-11-19(12-10-17)29-16-18-8-6-7-13-24-18;/h6-13H,5,14-16H2,1-4H3,(H,27,28)(H2,23,25,26);1H. The van der Waals surface area contributed by atoms with Gasteiger partial charge in [0.15, 0.2) is 5.96 Å². The molecule has 1 aromatic carbocycles. The summed E-state index contributed by atoms with van der Waals surface area (Å²) in [4.78, 5) is 20.7. The van der Waals surface area contributed by atoms with Gasteiger partial charge in [0.1, 0.15) is 12.4 Å². The smallest absolute Gasteiger partial charge is 0.239 e. The Labute approximate surface area is 196 Å². The average molecular weight is 525 g/mol. The van der Waals surface area contributed by atoms with Crippen LogP contribution in [-0.4, -0.2) is 35.5 Å². The van der Waals surface area contributed by atoms with E-state index in [9.17, 15) is 4.79 Å². The topological polar surface area (TPSA) is 87.6 Å². The van der Waals surface area contributed by atoms with Crippen molar-refractivity contribution in [2.24, 2.45) is 4.99 Å². The Morgan fingerprint density at radius 3 is 2.43 bits per heavy atom. The molecule has 1 amide bonds. The molecule has 2 rings (SSSR count). The number of halogens is 1. The molecule has 0 aliphatic carbocycles. The third-order valence-electron chi connectivity index (χ3n) is 3.73. The summed E-state index contributed by atoms with van der Waals surface area (Å²) in [5.74, 6) is 1.32. The van der Waals surface area contributed by atoms with Crippen LogP contribution in [0.25, 0.3) is 0 Å². The summed E-state index contributed by atoms with van der Waals surface area (Å²) >= 11 is 0. The molecular formula is C22H32IN5O2. The van der Waals surface area contributed by atoms with E-state index >= 15 is 0 Å². The van der Waals surface area contributed by atoms with E-state index in [1.807, 2.05) is 70.2 Å². The highest BCUT2D eigenvalue weighted by Gasteiger charge is 2.13. The van der Waals surface area contributed by atoms with Gasteiger partial charge in [-0.1, -0.05) is 18.2 Å². The van der Waals surface area contributed by atoms with Crippen LogP contribution in [-0.2, 0) is 17.9 Å². The van der Waals surface area contributed by atoms with Crippen molar-refractivity contribution in [3.05, 3.63) is 59.9 Å². The first kappa shape index (κ1) is 25.7. The Hall–Kier alpha value is -2.36. The molecule has 164 valence electrons. The second-order valence-electron chi connectivity index (χ2n) is 7.60. The second kappa shape index (κ2) is 13.0. The first-order valence-electron chi connectivity index (χ1n) is 9.80. The van der Waals surface area contributed by atoms with Crippen LogP contribution in [0.4, 0.5) is 0 Å². The highest BCUT2D eigenvalue weighted by atomic mass is 127. The van der Waals surface area contributed by atoms with E-state index in [1.165, 1.54) is 0 Å². The van der Waals surface area contributed by atoms with E-state index < -0.39 is 0 Å². The molecule has 8 heteroatoms. The summed E-state index contributed by atoms with van der Waals surface area (Å²) in [5, 5.41) is 9.12. The van der Waals surface area contributed by atoms with Crippen molar-refractivity contribution in [3.8, 4) is 5.75 Å². The number of carbonyl (C=O) groups excluding carboxylic acids is 1. The molecule has 0 saturated heterocycles. The van der Waals surface area contributed by atoms with Crippen molar-refractivity contribution in [2.75, 3.05) is 13.1 Å². The molecule has 0 spiro atoms. The number of aliphatic imine (C=N–C) groups is 1. The molecule has 0 aliphatic rings. The molecule has 0 atom stereocenters. The Morgan fingerprint density at radius 1 is 1.10 bits per heavy atom. The Kier molecular flexibility index (Phi) is 11.2. The van der Waals surface area contributed by atoms with Crippen LogP contribution in [0.5, 0.6) is 5.75 Å². The van der Waals surface area contributed by atoms with Crippen LogP contribution in [0.2, 0.25) is 0 Å². The Bertz CT molecular complexity index is 789. The van der Waals surface area contributed by atoms with Gasteiger partial charge in [-0.25, -0.2) is 4.99 Å². The number of rotatable bonds is 8. The van der Waals surface area contributed by atoms with Crippen LogP contribution in [0, 0.1) is 0 Å². The number of nitrogens with one attached hydrogen (secondary N) is 3. The van der Waals surface area contributed by atoms with E-state index in [2.05, 4.69) is 25.9 Å². The van der Waals surface area contributed by atoms with Crippen molar-refractivity contribution >= 4 is 35.8 Å². The van der Waals surface area contributed by atoms with Gasteiger partial charge in [0.2, 0.25) is 5.91 Å². The minimum atomic E-state index is -0.255. The lowest BCUT2D eigenvalue weighted by atomic mass is 10.1. The summed E-state index contributed by atoms with van der Waals surface area (Å²) in [7, 11) is 0. The predicted molar refractivity (Wildman–Crippen MR) is 131 cm³/mol. The maximum atomic E-state index is 12.0. The van der Waals surface area contributed by atoms with Crippen molar-refractivity contribution in [3.63, 3.8) is 0 Å². The van der Waals surface area contributed by atoms with Gasteiger partial charge in [0, 0.05) is 18.3 Å². The number of hydrogen-bond donors (Lipinski definition) is 3. The van der Waals surface area contributed by atoms with E-state index in [0.717, 1.165) is 17.0 Å². The predicted octanol–water partition coefficient (Wildman–Crippen LogP) is 3.25. The molecule has 0 unspecified atom stereocenters. The minimum Gasteiger partial charge on any atom is -0.487 e. The highest BCUT2D eigenvalue weighted by molar-refractivity contribution is 14.0. The normalized spacial score (nSPS) is 11.3. The number of guanidine groups is 1. The second-order valence-corrected chi connectivity index (χ2v) is 7.60. The van der Waals surface area contributed by atoms with E-state index in [0.29, 0.717) is 25.7 Å². The van der Waals surface area contributed by atoms with Crippen LogP contribution in [0.1, 0.15) is 39.0 Å². The zero-order chi connectivity index (χ0) is 21.1. The lowest BCUT2D eigenvalue weighted by Gasteiger charge is -2.21. The first-order valence-corrected chi connectivity index (χ1v) is 9.80. The maximum Gasteiger partial charge on any atom is 0.239 e. The van der Waals surface area contributed by atoms with Gasteiger partial charge < -0.3 is 20.7 Å². The fourth-order valence-corrected chi connectivity index (χ4v) is 2.47. The molecular weight excluding hydrogens is 493 g/mol. The highest BCUT2D eigenvalue weighted by Crippen LogP contribution is 2.14. The number of pyridine rings is 1. The Morgan fingerprint density at radius 2 is 1.83 bits per heavy atom. The number of hydrogen-bond acceptors (Lipinski definition) is 4. The van der Waals surface area contributed by atoms with E-state index in [-0.39, 0.29) is 42.0 Å². The number of benzene rings is 1. The monoisotopic (exact) mass is 525 g/mol. The molecule has 0 aliphatic heterocycles. The molecule has 0 radical (unpaired) electrons. The zero-order valence-corrected chi connectivity index (χ0v) is 20.4. The van der Waals surface area contributed by atoms with Crippen molar-refractivity contribution in [1.82, 2.24) is 20.9 Å².